The average molecular weight is 353 g/mol. The number of hydrogen-bond acceptors (Lipinski definition) is 5. The van der Waals surface area contributed by atoms with E-state index in [1.54, 1.807) is 0 Å². The van der Waals surface area contributed by atoms with Gasteiger partial charge in [0.25, 0.3) is 0 Å². The van der Waals surface area contributed by atoms with Crippen LogP contribution in [0.25, 0.3) is 0 Å². The molecule has 0 unspecified atom stereocenters. The predicted molar refractivity (Wildman–Crippen MR) is 81.7 cm³/mol. The molecule has 0 radical (unpaired) electrons. The van der Waals surface area contributed by atoms with Gasteiger partial charge in [-0.15, -0.1) is 0 Å². The lowest BCUT2D eigenvalue weighted by Gasteiger charge is -2.11. The van der Waals surface area contributed by atoms with Gasteiger partial charge in [0.2, 0.25) is 10.0 Å². The summed E-state index contributed by atoms with van der Waals surface area (Å²) >= 11 is 5.71. The molecule has 0 aliphatic carbocycles. The molecular weight excluding hydrogens is 336 g/mol. The van der Waals surface area contributed by atoms with Crippen LogP contribution >= 0.6 is 11.6 Å². The topological polar surface area (TPSA) is 92.3 Å². The van der Waals surface area contributed by atoms with Gasteiger partial charge >= 0.3 is 0 Å². The molecule has 0 aromatic heterocycles. The summed E-state index contributed by atoms with van der Waals surface area (Å²) in [6, 6.07) is 5.80. The fourth-order valence-electron chi connectivity index (χ4n) is 2.11. The van der Waals surface area contributed by atoms with Gasteiger partial charge in [-0.2, -0.15) is 0 Å². The monoisotopic (exact) mass is 352 g/mol. The summed E-state index contributed by atoms with van der Waals surface area (Å²) in [7, 11) is -6.48. The number of rotatable bonds is 6. The molecule has 9 heteroatoms. The normalized spacial score (nSPS) is 21.5. The van der Waals surface area contributed by atoms with Crippen LogP contribution in [-0.2, 0) is 19.9 Å². The van der Waals surface area contributed by atoms with Gasteiger partial charge in [-0.05, 0) is 30.7 Å². The molecule has 1 aromatic rings. The fourth-order valence-corrected chi connectivity index (χ4v) is 4.98. The van der Waals surface area contributed by atoms with Crippen LogP contribution in [0.15, 0.2) is 29.2 Å². The van der Waals surface area contributed by atoms with Crippen LogP contribution < -0.4 is 10.0 Å². The molecule has 1 aliphatic heterocycles. The van der Waals surface area contributed by atoms with Crippen molar-refractivity contribution in [2.24, 2.45) is 0 Å². The number of sulfone groups is 1. The van der Waals surface area contributed by atoms with Gasteiger partial charge in [0, 0.05) is 24.2 Å². The van der Waals surface area contributed by atoms with E-state index in [1.165, 1.54) is 24.3 Å². The van der Waals surface area contributed by atoms with E-state index in [0.29, 0.717) is 18.0 Å². The number of benzene rings is 1. The van der Waals surface area contributed by atoms with Crippen molar-refractivity contribution in [3.05, 3.63) is 29.3 Å². The summed E-state index contributed by atoms with van der Waals surface area (Å²) in [5.41, 5.74) is 0. The fraction of sp³-hybridized carbons (Fsp3) is 0.500. The van der Waals surface area contributed by atoms with Gasteiger partial charge < -0.3 is 5.32 Å². The lowest BCUT2D eigenvalue weighted by molar-refractivity contribution is 0.542. The molecule has 1 atom stereocenters. The second-order valence-electron chi connectivity index (χ2n) is 4.91. The van der Waals surface area contributed by atoms with Crippen LogP contribution in [0.3, 0.4) is 0 Å². The molecule has 0 spiro atoms. The number of nitrogens with one attached hydrogen (secondary N) is 2. The maximum Gasteiger partial charge on any atom is 0.240 e. The third-order valence-corrected chi connectivity index (χ3v) is 6.70. The van der Waals surface area contributed by atoms with Crippen LogP contribution in [0.4, 0.5) is 0 Å². The van der Waals surface area contributed by atoms with Crippen molar-refractivity contribution in [2.75, 3.05) is 24.6 Å². The Kier molecular flexibility index (Phi) is 5.26. The standard InChI is InChI=1S/C12H17ClN2O4S2/c13-10-1-3-12(4-2-10)21(18,19)15-7-6-14-11-5-8-20(16,17)9-11/h1-4,11,14-15H,5-9H2/t11-/m1/s1. The summed E-state index contributed by atoms with van der Waals surface area (Å²) in [6.45, 7) is 0.578. The highest BCUT2D eigenvalue weighted by atomic mass is 35.5. The predicted octanol–water partition coefficient (Wildman–Crippen LogP) is 0.395. The quantitative estimate of drug-likeness (QED) is 0.723. The van der Waals surface area contributed by atoms with Crippen molar-refractivity contribution in [3.8, 4) is 0 Å². The second-order valence-corrected chi connectivity index (χ2v) is 9.34. The molecule has 1 fully saturated rings. The molecule has 1 saturated heterocycles. The summed E-state index contributed by atoms with van der Waals surface area (Å²) < 4.78 is 49.0. The Labute approximate surface area is 129 Å². The van der Waals surface area contributed by atoms with E-state index in [2.05, 4.69) is 10.0 Å². The summed E-state index contributed by atoms with van der Waals surface area (Å²) in [6.07, 6.45) is 0.576. The van der Waals surface area contributed by atoms with E-state index in [1.807, 2.05) is 0 Å². The molecule has 1 aromatic carbocycles. The lowest BCUT2D eigenvalue weighted by atomic mass is 10.3. The highest BCUT2D eigenvalue weighted by Crippen LogP contribution is 2.13. The SMILES string of the molecule is O=S1(=O)CC[C@@H](NCCNS(=O)(=O)c2ccc(Cl)cc2)C1. The number of halogens is 1. The molecular formula is C12H17ClN2O4S2. The first kappa shape index (κ1) is 16.7. The Balaban J connectivity index is 1.79. The minimum Gasteiger partial charge on any atom is -0.312 e. The van der Waals surface area contributed by atoms with Crippen molar-refractivity contribution in [2.45, 2.75) is 17.4 Å². The summed E-state index contributed by atoms with van der Waals surface area (Å²) in [5, 5.41) is 3.51. The third-order valence-electron chi connectivity index (χ3n) is 3.21. The minimum atomic E-state index is -3.56. The molecule has 1 aliphatic rings. The van der Waals surface area contributed by atoms with Gasteiger partial charge in [-0.1, -0.05) is 11.6 Å². The Morgan fingerprint density at radius 3 is 2.43 bits per heavy atom. The Morgan fingerprint density at radius 1 is 1.19 bits per heavy atom. The van der Waals surface area contributed by atoms with E-state index < -0.39 is 19.9 Å². The van der Waals surface area contributed by atoms with Crippen LogP contribution in [-0.4, -0.2) is 47.5 Å². The first-order valence-corrected chi connectivity index (χ1v) is 10.2. The van der Waals surface area contributed by atoms with E-state index >= 15 is 0 Å². The van der Waals surface area contributed by atoms with Gasteiger partial charge in [0.1, 0.15) is 0 Å². The average Bonchev–Trinajstić information content (AvgIpc) is 2.75. The van der Waals surface area contributed by atoms with Crippen molar-refractivity contribution in [1.82, 2.24) is 10.0 Å². The van der Waals surface area contributed by atoms with Crippen molar-refractivity contribution in [3.63, 3.8) is 0 Å². The van der Waals surface area contributed by atoms with Gasteiger partial charge in [-0.3, -0.25) is 0 Å². The van der Waals surface area contributed by atoms with E-state index in [4.69, 9.17) is 11.6 Å². The zero-order valence-corrected chi connectivity index (χ0v) is 13.6. The largest absolute Gasteiger partial charge is 0.312 e. The second kappa shape index (κ2) is 6.62. The lowest BCUT2D eigenvalue weighted by Crippen LogP contribution is -2.37. The van der Waals surface area contributed by atoms with E-state index in [0.717, 1.165) is 0 Å². The van der Waals surface area contributed by atoms with E-state index in [-0.39, 0.29) is 29.0 Å². The van der Waals surface area contributed by atoms with Gasteiger partial charge in [-0.25, -0.2) is 21.6 Å². The molecule has 6 nitrogen and oxygen atoms in total. The summed E-state index contributed by atoms with van der Waals surface area (Å²) in [5.74, 6) is 0.318. The Bertz CT molecular complexity index is 686. The third kappa shape index (κ3) is 4.93. The molecule has 0 amide bonds. The van der Waals surface area contributed by atoms with Gasteiger partial charge in [0.15, 0.2) is 9.84 Å². The van der Waals surface area contributed by atoms with Crippen molar-refractivity contribution < 1.29 is 16.8 Å². The maximum absolute atomic E-state index is 12.0. The first-order chi connectivity index (χ1) is 9.78. The van der Waals surface area contributed by atoms with Gasteiger partial charge in [0.05, 0.1) is 16.4 Å². The highest BCUT2D eigenvalue weighted by Gasteiger charge is 2.27. The minimum absolute atomic E-state index is 0.0879. The van der Waals surface area contributed by atoms with Crippen LogP contribution in [0, 0.1) is 0 Å². The Morgan fingerprint density at radius 2 is 1.86 bits per heavy atom. The molecule has 0 saturated carbocycles. The maximum atomic E-state index is 12.0. The van der Waals surface area contributed by atoms with Crippen LogP contribution in [0.1, 0.15) is 6.42 Å². The molecule has 21 heavy (non-hydrogen) atoms. The molecule has 1 heterocycles. The zero-order chi connectivity index (χ0) is 15.5. The Hall–Kier alpha value is -0.670. The smallest absolute Gasteiger partial charge is 0.240 e. The molecule has 118 valence electrons. The molecule has 0 bridgehead atoms. The molecule has 2 rings (SSSR count). The number of sulfonamides is 1. The summed E-state index contributed by atoms with van der Waals surface area (Å²) in [4.78, 5) is 0.148. The number of hydrogen-bond donors (Lipinski definition) is 2. The molecule has 2 N–H and O–H groups in total. The van der Waals surface area contributed by atoms with Crippen LogP contribution in [0.5, 0.6) is 0 Å². The first-order valence-electron chi connectivity index (χ1n) is 6.47. The van der Waals surface area contributed by atoms with E-state index in [9.17, 15) is 16.8 Å². The van der Waals surface area contributed by atoms with Crippen LogP contribution in [0.2, 0.25) is 5.02 Å². The zero-order valence-electron chi connectivity index (χ0n) is 11.2. The van der Waals surface area contributed by atoms with Crippen molar-refractivity contribution >= 4 is 31.5 Å². The highest BCUT2D eigenvalue weighted by molar-refractivity contribution is 7.91. The van der Waals surface area contributed by atoms with Crippen molar-refractivity contribution in [1.29, 1.82) is 0 Å².